The predicted octanol–water partition coefficient (Wildman–Crippen LogP) is 3.82. The van der Waals surface area contributed by atoms with Crippen molar-refractivity contribution in [2.45, 2.75) is 64.1 Å². The Bertz CT molecular complexity index is 765. The zero-order valence-corrected chi connectivity index (χ0v) is 17.1. The first-order valence-corrected chi connectivity index (χ1v) is 10.8. The van der Waals surface area contributed by atoms with Gasteiger partial charge in [0.1, 0.15) is 6.10 Å². The molecule has 0 bridgehead atoms. The maximum Gasteiger partial charge on any atom is 0.303 e. The molecule has 4 nitrogen and oxygen atoms in total. The Labute approximate surface area is 173 Å². The van der Waals surface area contributed by atoms with Crippen molar-refractivity contribution in [1.82, 2.24) is 0 Å². The third-order valence-corrected chi connectivity index (χ3v) is 6.53. The lowest BCUT2D eigenvalue weighted by Crippen LogP contribution is -2.50. The Kier molecular flexibility index (Phi) is 7.52. The van der Waals surface area contributed by atoms with Crippen molar-refractivity contribution in [3.63, 3.8) is 0 Å². The van der Waals surface area contributed by atoms with Crippen LogP contribution in [0, 0.1) is 35.5 Å². The average molecular weight is 397 g/mol. The minimum Gasteiger partial charge on any atom is -0.481 e. The van der Waals surface area contributed by atoms with Crippen molar-refractivity contribution < 1.29 is 20.1 Å². The van der Waals surface area contributed by atoms with E-state index in [0.29, 0.717) is 37.0 Å². The van der Waals surface area contributed by atoms with Gasteiger partial charge in [-0.2, -0.15) is 0 Å². The second-order valence-corrected chi connectivity index (χ2v) is 8.33. The minimum atomic E-state index is -0.766. The van der Waals surface area contributed by atoms with Crippen molar-refractivity contribution in [2.75, 3.05) is 0 Å². The lowest BCUT2D eigenvalue weighted by Gasteiger charge is -2.54. The third kappa shape index (κ3) is 5.29. The summed E-state index contributed by atoms with van der Waals surface area (Å²) in [5, 5.41) is 29.8. The number of carboxylic acid groups (broad SMARTS) is 1. The number of aliphatic hydroxyl groups excluding tert-OH is 2. The molecule has 0 amide bonds. The van der Waals surface area contributed by atoms with Gasteiger partial charge in [-0.3, -0.25) is 4.79 Å². The summed E-state index contributed by atoms with van der Waals surface area (Å²) in [7, 11) is 0. The number of fused-ring (bicyclic) bond motifs is 1. The number of allylic oxidation sites excluding steroid dienone is 2. The van der Waals surface area contributed by atoms with Crippen LogP contribution >= 0.6 is 0 Å². The monoisotopic (exact) mass is 396 g/mol. The van der Waals surface area contributed by atoms with Gasteiger partial charge >= 0.3 is 5.97 Å². The van der Waals surface area contributed by atoms with Crippen LogP contribution in [0.3, 0.4) is 0 Å². The van der Waals surface area contributed by atoms with Gasteiger partial charge < -0.3 is 15.3 Å². The SMILES string of the molecule is CCC1C(=CCCC(=O)O)[C@@H]2CC[C@H](O)[C@@H](C#CC(O)CCc3ccccc3)[C@H]12. The number of hydrogen-bond acceptors (Lipinski definition) is 3. The van der Waals surface area contributed by atoms with Crippen LogP contribution in [0.15, 0.2) is 42.0 Å². The zero-order valence-electron chi connectivity index (χ0n) is 17.1. The van der Waals surface area contributed by atoms with Gasteiger partial charge in [-0.15, -0.1) is 0 Å². The Morgan fingerprint density at radius 2 is 2.03 bits per heavy atom. The number of aliphatic carboxylic acids is 1. The maximum absolute atomic E-state index is 10.8. The standard InChI is InChI=1S/C25H32O4/c1-2-19-20(9-6-10-24(28)29)21-15-16-23(27)22(25(19)21)14-13-18(26)12-11-17-7-4-3-5-8-17/h3-5,7-9,18-19,21-23,25-27H,2,6,10-12,15-16H2,1H3,(H,28,29)/t18?,19?,21-,22+,23-,25+/m0/s1. The molecule has 0 saturated heterocycles. The molecule has 0 radical (unpaired) electrons. The van der Waals surface area contributed by atoms with Gasteiger partial charge in [0.2, 0.25) is 0 Å². The van der Waals surface area contributed by atoms with Crippen molar-refractivity contribution in [3.8, 4) is 11.8 Å². The average Bonchev–Trinajstić information content (AvgIpc) is 2.70. The molecule has 2 aliphatic rings. The van der Waals surface area contributed by atoms with Crippen molar-refractivity contribution in [3.05, 3.63) is 47.5 Å². The van der Waals surface area contributed by atoms with Gasteiger partial charge in [-0.1, -0.05) is 60.7 Å². The summed E-state index contributed by atoms with van der Waals surface area (Å²) in [6.07, 6.45) is 5.71. The van der Waals surface area contributed by atoms with E-state index in [1.165, 1.54) is 11.1 Å². The van der Waals surface area contributed by atoms with E-state index in [9.17, 15) is 15.0 Å². The van der Waals surface area contributed by atoms with E-state index in [1.54, 1.807) is 0 Å². The summed E-state index contributed by atoms with van der Waals surface area (Å²) in [6.45, 7) is 2.14. The number of carbonyl (C=O) groups is 1. The van der Waals surface area contributed by atoms with E-state index in [1.807, 2.05) is 30.3 Å². The molecule has 29 heavy (non-hydrogen) atoms. The van der Waals surface area contributed by atoms with Crippen molar-refractivity contribution in [2.24, 2.45) is 23.7 Å². The quantitative estimate of drug-likeness (QED) is 0.484. The Balaban J connectivity index is 1.63. The molecule has 2 saturated carbocycles. The van der Waals surface area contributed by atoms with Crippen LogP contribution in [-0.4, -0.2) is 33.5 Å². The molecule has 2 aliphatic carbocycles. The van der Waals surface area contributed by atoms with Gasteiger partial charge in [-0.05, 0) is 61.8 Å². The van der Waals surface area contributed by atoms with Crippen LogP contribution in [0.5, 0.6) is 0 Å². The molecular formula is C25H32O4. The summed E-state index contributed by atoms with van der Waals surface area (Å²) in [6, 6.07) is 10.1. The Hall–Kier alpha value is -2.09. The first-order valence-electron chi connectivity index (χ1n) is 10.8. The molecule has 1 aromatic carbocycles. The van der Waals surface area contributed by atoms with Crippen LogP contribution in [0.2, 0.25) is 0 Å². The number of benzene rings is 1. The van der Waals surface area contributed by atoms with Gasteiger partial charge in [0.25, 0.3) is 0 Å². The van der Waals surface area contributed by atoms with Crippen molar-refractivity contribution in [1.29, 1.82) is 0 Å². The fourth-order valence-corrected chi connectivity index (χ4v) is 5.11. The normalized spacial score (nSPS) is 30.6. The first kappa shape index (κ1) is 21.6. The van der Waals surface area contributed by atoms with E-state index in [4.69, 9.17) is 5.11 Å². The second-order valence-electron chi connectivity index (χ2n) is 8.33. The van der Waals surface area contributed by atoms with E-state index in [0.717, 1.165) is 19.3 Å². The predicted molar refractivity (Wildman–Crippen MR) is 113 cm³/mol. The van der Waals surface area contributed by atoms with E-state index < -0.39 is 18.2 Å². The summed E-state index contributed by atoms with van der Waals surface area (Å²) in [5.41, 5.74) is 2.55. The lowest BCUT2D eigenvalue weighted by molar-refractivity contribution is -0.136. The molecule has 1 aromatic rings. The fourth-order valence-electron chi connectivity index (χ4n) is 5.11. The van der Waals surface area contributed by atoms with Crippen molar-refractivity contribution >= 4 is 5.97 Å². The van der Waals surface area contributed by atoms with Crippen LogP contribution < -0.4 is 0 Å². The number of rotatable bonds is 7. The number of aryl methyl sites for hydroxylation is 1. The number of aliphatic hydroxyl groups is 2. The molecular weight excluding hydrogens is 364 g/mol. The first-order chi connectivity index (χ1) is 14.0. The molecule has 3 rings (SSSR count). The number of carboxylic acids is 1. The second kappa shape index (κ2) is 10.1. The van der Waals surface area contributed by atoms with E-state index >= 15 is 0 Å². The highest BCUT2D eigenvalue weighted by Crippen LogP contribution is 2.57. The highest BCUT2D eigenvalue weighted by Gasteiger charge is 2.52. The van der Waals surface area contributed by atoms with Crippen LogP contribution in [0.1, 0.15) is 51.0 Å². The van der Waals surface area contributed by atoms with E-state index in [2.05, 4.69) is 24.8 Å². The smallest absolute Gasteiger partial charge is 0.303 e. The van der Waals surface area contributed by atoms with Crippen LogP contribution in [-0.2, 0) is 11.2 Å². The Morgan fingerprint density at radius 1 is 1.28 bits per heavy atom. The van der Waals surface area contributed by atoms with E-state index in [-0.39, 0.29) is 12.3 Å². The molecule has 4 heteroatoms. The molecule has 0 aromatic heterocycles. The molecule has 0 spiro atoms. The van der Waals surface area contributed by atoms with Gasteiger partial charge in [-0.25, -0.2) is 0 Å². The number of hydrogen-bond donors (Lipinski definition) is 3. The van der Waals surface area contributed by atoms with Gasteiger partial charge in [0, 0.05) is 6.42 Å². The molecule has 2 fully saturated rings. The summed E-state index contributed by atoms with van der Waals surface area (Å²) in [4.78, 5) is 10.8. The molecule has 0 aliphatic heterocycles. The fraction of sp³-hybridized carbons (Fsp3) is 0.560. The highest BCUT2D eigenvalue weighted by atomic mass is 16.4. The molecule has 6 atom stereocenters. The highest BCUT2D eigenvalue weighted by molar-refractivity contribution is 5.66. The van der Waals surface area contributed by atoms with Crippen LogP contribution in [0.4, 0.5) is 0 Å². The summed E-state index contributed by atoms with van der Waals surface area (Å²) in [5.74, 6) is 6.43. The zero-order chi connectivity index (χ0) is 20.8. The Morgan fingerprint density at radius 3 is 2.72 bits per heavy atom. The lowest BCUT2D eigenvalue weighted by atomic mass is 9.50. The summed E-state index contributed by atoms with van der Waals surface area (Å²) >= 11 is 0. The third-order valence-electron chi connectivity index (χ3n) is 6.53. The van der Waals surface area contributed by atoms with Gasteiger partial charge in [0.15, 0.2) is 0 Å². The topological polar surface area (TPSA) is 77.8 Å². The molecule has 156 valence electrons. The molecule has 0 heterocycles. The maximum atomic E-state index is 10.8. The minimum absolute atomic E-state index is 0.110. The van der Waals surface area contributed by atoms with Crippen LogP contribution in [0.25, 0.3) is 0 Å². The molecule has 3 N–H and O–H groups in total. The molecule has 2 unspecified atom stereocenters. The largest absolute Gasteiger partial charge is 0.481 e. The summed E-state index contributed by atoms with van der Waals surface area (Å²) < 4.78 is 0. The van der Waals surface area contributed by atoms with Gasteiger partial charge in [0.05, 0.1) is 12.0 Å².